The van der Waals surface area contributed by atoms with Crippen molar-refractivity contribution in [3.8, 4) is 5.06 Å². The molecule has 28 heavy (non-hydrogen) atoms. The van der Waals surface area contributed by atoms with E-state index in [1.165, 1.54) is 22.6 Å². The molecule has 1 saturated heterocycles. The van der Waals surface area contributed by atoms with E-state index in [4.69, 9.17) is 4.74 Å². The molecule has 2 aliphatic rings. The van der Waals surface area contributed by atoms with E-state index in [1.54, 1.807) is 28.4 Å². The SMILES string of the molecule is CC(C)N1CCC(Oc2cc3c(s2)CN(C(=O)c2cccc(F)c2)CC3)CC1. The number of carbonyl (C=O) groups is 1. The van der Waals surface area contributed by atoms with Gasteiger partial charge in [-0.2, -0.15) is 0 Å². The number of hydrogen-bond acceptors (Lipinski definition) is 4. The minimum Gasteiger partial charge on any atom is -0.481 e. The lowest BCUT2D eigenvalue weighted by atomic mass is 10.1. The Kier molecular flexibility index (Phi) is 5.69. The minimum atomic E-state index is -0.376. The number of likely N-dealkylation sites (tertiary alicyclic amines) is 1. The van der Waals surface area contributed by atoms with Crippen molar-refractivity contribution in [2.75, 3.05) is 19.6 Å². The molecular weight excluding hydrogens is 375 g/mol. The minimum absolute atomic E-state index is 0.109. The molecule has 0 aliphatic carbocycles. The Labute approximate surface area is 169 Å². The lowest BCUT2D eigenvalue weighted by molar-refractivity contribution is 0.0736. The first kappa shape index (κ1) is 19.4. The summed E-state index contributed by atoms with van der Waals surface area (Å²) in [5.41, 5.74) is 1.69. The Hall–Kier alpha value is -1.92. The summed E-state index contributed by atoms with van der Waals surface area (Å²) in [6, 6.07) is 8.67. The number of rotatable bonds is 4. The summed E-state index contributed by atoms with van der Waals surface area (Å²) < 4.78 is 19.7. The van der Waals surface area contributed by atoms with Crippen LogP contribution in [0.15, 0.2) is 30.3 Å². The number of carbonyl (C=O) groups excluding carboxylic acids is 1. The van der Waals surface area contributed by atoms with E-state index in [1.807, 2.05) is 0 Å². The highest BCUT2D eigenvalue weighted by atomic mass is 32.1. The number of thiophene rings is 1. The van der Waals surface area contributed by atoms with Crippen molar-refractivity contribution in [2.45, 2.75) is 51.8 Å². The third kappa shape index (κ3) is 4.23. The molecule has 4 nitrogen and oxygen atoms in total. The largest absolute Gasteiger partial charge is 0.481 e. The van der Waals surface area contributed by atoms with Crippen molar-refractivity contribution in [1.29, 1.82) is 0 Å². The Balaban J connectivity index is 1.38. The second-order valence-corrected chi connectivity index (χ2v) is 9.05. The Morgan fingerprint density at radius 2 is 2.00 bits per heavy atom. The molecule has 0 atom stereocenters. The molecule has 0 bridgehead atoms. The predicted octanol–water partition coefficient (Wildman–Crippen LogP) is 4.34. The number of hydrogen-bond donors (Lipinski definition) is 0. The van der Waals surface area contributed by atoms with Crippen LogP contribution >= 0.6 is 11.3 Å². The summed E-state index contributed by atoms with van der Waals surface area (Å²) in [5.74, 6) is -0.485. The van der Waals surface area contributed by atoms with Crippen molar-refractivity contribution < 1.29 is 13.9 Å². The maximum atomic E-state index is 13.4. The maximum absolute atomic E-state index is 13.4. The summed E-state index contributed by atoms with van der Waals surface area (Å²) >= 11 is 1.65. The Morgan fingerprint density at radius 3 is 2.71 bits per heavy atom. The molecule has 2 aromatic rings. The molecule has 4 rings (SSSR count). The highest BCUT2D eigenvalue weighted by Gasteiger charge is 2.26. The molecule has 2 aliphatic heterocycles. The zero-order valence-corrected chi connectivity index (χ0v) is 17.3. The van der Waals surface area contributed by atoms with E-state index in [2.05, 4.69) is 24.8 Å². The second-order valence-electron chi connectivity index (χ2n) is 7.95. The molecule has 3 heterocycles. The molecule has 0 unspecified atom stereocenters. The van der Waals surface area contributed by atoms with Gasteiger partial charge in [-0.25, -0.2) is 4.39 Å². The highest BCUT2D eigenvalue weighted by Crippen LogP contribution is 2.35. The van der Waals surface area contributed by atoms with Crippen molar-refractivity contribution >= 4 is 17.2 Å². The van der Waals surface area contributed by atoms with E-state index < -0.39 is 0 Å². The summed E-state index contributed by atoms with van der Waals surface area (Å²) in [6.07, 6.45) is 3.22. The number of amides is 1. The number of benzene rings is 1. The summed E-state index contributed by atoms with van der Waals surface area (Å²) in [5, 5.41) is 0.966. The van der Waals surface area contributed by atoms with Crippen LogP contribution in [0, 0.1) is 5.82 Å². The van der Waals surface area contributed by atoms with Gasteiger partial charge in [-0.15, -0.1) is 11.3 Å². The van der Waals surface area contributed by atoms with E-state index in [-0.39, 0.29) is 17.8 Å². The summed E-state index contributed by atoms with van der Waals surface area (Å²) in [7, 11) is 0. The summed E-state index contributed by atoms with van der Waals surface area (Å²) in [6.45, 7) is 7.89. The fourth-order valence-electron chi connectivity index (χ4n) is 4.00. The van der Waals surface area contributed by atoms with Gasteiger partial charge in [0.2, 0.25) is 0 Å². The topological polar surface area (TPSA) is 32.8 Å². The second kappa shape index (κ2) is 8.21. The summed E-state index contributed by atoms with van der Waals surface area (Å²) in [4.78, 5) is 18.2. The average Bonchev–Trinajstić information content (AvgIpc) is 3.09. The van der Waals surface area contributed by atoms with Crippen LogP contribution in [0.25, 0.3) is 0 Å². The zero-order chi connectivity index (χ0) is 19.7. The van der Waals surface area contributed by atoms with Gasteiger partial charge in [0.05, 0.1) is 6.54 Å². The first-order chi connectivity index (χ1) is 13.5. The van der Waals surface area contributed by atoms with Gasteiger partial charge in [0, 0.05) is 36.1 Å². The van der Waals surface area contributed by atoms with E-state index in [0.717, 1.165) is 37.4 Å². The smallest absolute Gasteiger partial charge is 0.254 e. The molecule has 0 radical (unpaired) electrons. The van der Waals surface area contributed by atoms with E-state index in [9.17, 15) is 9.18 Å². The van der Waals surface area contributed by atoms with Crippen LogP contribution in [0.4, 0.5) is 4.39 Å². The van der Waals surface area contributed by atoms with Gasteiger partial charge in [-0.1, -0.05) is 6.07 Å². The molecular formula is C22H27FN2O2S. The Bertz CT molecular complexity index is 843. The number of nitrogens with zero attached hydrogens (tertiary/aromatic N) is 2. The number of fused-ring (bicyclic) bond motifs is 1. The first-order valence-electron chi connectivity index (χ1n) is 10.1. The van der Waals surface area contributed by atoms with Crippen molar-refractivity contribution in [1.82, 2.24) is 9.80 Å². The molecule has 0 saturated carbocycles. The lowest BCUT2D eigenvalue weighted by Gasteiger charge is -2.34. The molecule has 1 aromatic heterocycles. The Morgan fingerprint density at radius 1 is 1.21 bits per heavy atom. The zero-order valence-electron chi connectivity index (χ0n) is 16.5. The van der Waals surface area contributed by atoms with Crippen LogP contribution in [0.3, 0.4) is 0 Å². The molecule has 1 fully saturated rings. The van der Waals surface area contributed by atoms with Crippen molar-refractivity contribution in [3.05, 3.63) is 52.2 Å². The first-order valence-corrected chi connectivity index (χ1v) is 10.9. The van der Waals surface area contributed by atoms with Gasteiger partial charge in [0.25, 0.3) is 5.91 Å². The van der Waals surface area contributed by atoms with Gasteiger partial charge >= 0.3 is 0 Å². The van der Waals surface area contributed by atoms with E-state index in [0.29, 0.717) is 24.7 Å². The van der Waals surface area contributed by atoms with Crippen LogP contribution in [0.5, 0.6) is 5.06 Å². The maximum Gasteiger partial charge on any atom is 0.254 e. The predicted molar refractivity (Wildman–Crippen MR) is 110 cm³/mol. The van der Waals surface area contributed by atoms with Gasteiger partial charge in [0.15, 0.2) is 5.06 Å². The molecule has 0 spiro atoms. The average molecular weight is 403 g/mol. The number of halogens is 1. The monoisotopic (exact) mass is 402 g/mol. The van der Waals surface area contributed by atoms with Crippen LogP contribution in [-0.2, 0) is 13.0 Å². The highest BCUT2D eigenvalue weighted by molar-refractivity contribution is 7.14. The lowest BCUT2D eigenvalue weighted by Crippen LogP contribution is -2.41. The van der Waals surface area contributed by atoms with Gasteiger partial charge in [-0.05, 0) is 62.9 Å². The fraction of sp³-hybridized carbons (Fsp3) is 0.500. The quantitative estimate of drug-likeness (QED) is 0.763. The number of ether oxygens (including phenoxy) is 1. The van der Waals surface area contributed by atoms with Crippen molar-refractivity contribution in [3.63, 3.8) is 0 Å². The van der Waals surface area contributed by atoms with Gasteiger partial charge in [-0.3, -0.25) is 4.79 Å². The van der Waals surface area contributed by atoms with Gasteiger partial charge in [0.1, 0.15) is 11.9 Å². The van der Waals surface area contributed by atoms with Crippen LogP contribution < -0.4 is 4.74 Å². The van der Waals surface area contributed by atoms with E-state index >= 15 is 0 Å². The van der Waals surface area contributed by atoms with Gasteiger partial charge < -0.3 is 14.5 Å². The van der Waals surface area contributed by atoms with Crippen LogP contribution in [-0.4, -0.2) is 47.5 Å². The third-order valence-corrected chi connectivity index (χ3v) is 6.76. The number of piperidine rings is 1. The van der Waals surface area contributed by atoms with Crippen LogP contribution in [0.2, 0.25) is 0 Å². The molecule has 1 amide bonds. The molecule has 150 valence electrons. The standard InChI is InChI=1S/C22H27FN2O2S/c1-15(2)24-10-7-19(8-11-24)27-21-13-16-6-9-25(14-20(16)28-21)22(26)17-4-3-5-18(23)12-17/h3-5,12-13,15,19H,6-11,14H2,1-2H3. The molecule has 1 aromatic carbocycles. The molecule has 0 N–H and O–H groups in total. The van der Waals surface area contributed by atoms with Crippen LogP contribution in [0.1, 0.15) is 47.5 Å². The molecule has 6 heteroatoms. The fourth-order valence-corrected chi connectivity index (χ4v) is 5.14. The third-order valence-electron chi connectivity index (χ3n) is 5.71. The van der Waals surface area contributed by atoms with Crippen molar-refractivity contribution in [2.24, 2.45) is 0 Å². The normalized spacial score (nSPS) is 18.4.